The Morgan fingerprint density at radius 3 is 2.50 bits per heavy atom. The number of aryl methyl sites for hydroxylation is 1. The fraction of sp³-hybridized carbons (Fsp3) is 0.458. The van der Waals surface area contributed by atoms with Crippen molar-refractivity contribution in [2.45, 2.75) is 57.8 Å². The number of anilines is 2. The van der Waals surface area contributed by atoms with Crippen LogP contribution in [0.25, 0.3) is 10.9 Å². The van der Waals surface area contributed by atoms with Crippen LogP contribution in [0.15, 0.2) is 30.5 Å². The largest absolute Gasteiger partial charge is 0.506 e. The number of nitrogens with zero attached hydrogens (tertiary/aromatic N) is 4. The number of nitrogens with one attached hydrogen (secondary N) is 2. The Hall–Kier alpha value is -2.97. The summed E-state index contributed by atoms with van der Waals surface area (Å²) in [6.07, 6.45) is 5.70. The topological polar surface area (TPSA) is 106 Å². The summed E-state index contributed by atoms with van der Waals surface area (Å²) >= 11 is 0. The van der Waals surface area contributed by atoms with Gasteiger partial charge in [0.05, 0.1) is 17.8 Å². The highest BCUT2D eigenvalue weighted by Gasteiger charge is 2.23. The Balaban J connectivity index is 1.36. The van der Waals surface area contributed by atoms with Gasteiger partial charge in [-0.1, -0.05) is 12.1 Å². The lowest BCUT2D eigenvalue weighted by Gasteiger charge is -2.30. The van der Waals surface area contributed by atoms with Crippen molar-refractivity contribution in [3.8, 4) is 5.75 Å². The van der Waals surface area contributed by atoms with Crippen LogP contribution in [0.1, 0.15) is 42.5 Å². The first-order valence-electron chi connectivity index (χ1n) is 11.2. The van der Waals surface area contributed by atoms with E-state index in [-0.39, 0.29) is 12.4 Å². The molecule has 0 spiro atoms. The first kappa shape index (κ1) is 22.2. The molecule has 3 aromatic rings. The number of rotatable bonds is 7. The summed E-state index contributed by atoms with van der Waals surface area (Å²) in [5.41, 5.74) is 2.93. The summed E-state index contributed by atoms with van der Waals surface area (Å²) in [6.45, 7) is 2.16. The molecule has 1 fully saturated rings. The SMILES string of the molecule is Cc1ncc(CO)c(CNC2CCC(Nc3nc(N(C)C)c4ccccc4n3)CC2)c1O. The van der Waals surface area contributed by atoms with Crippen molar-refractivity contribution < 1.29 is 10.2 Å². The molecule has 170 valence electrons. The second-order valence-electron chi connectivity index (χ2n) is 8.71. The average Bonchev–Trinajstić information content (AvgIpc) is 2.80. The zero-order valence-corrected chi connectivity index (χ0v) is 19.0. The molecule has 1 aromatic carbocycles. The van der Waals surface area contributed by atoms with Gasteiger partial charge in [-0.05, 0) is 44.7 Å². The van der Waals surface area contributed by atoms with Crippen LogP contribution in [-0.4, -0.2) is 51.3 Å². The van der Waals surface area contributed by atoms with Gasteiger partial charge in [0.1, 0.15) is 11.6 Å². The van der Waals surface area contributed by atoms with E-state index in [9.17, 15) is 10.2 Å². The molecule has 32 heavy (non-hydrogen) atoms. The zero-order chi connectivity index (χ0) is 22.7. The molecule has 0 saturated heterocycles. The van der Waals surface area contributed by atoms with E-state index in [4.69, 9.17) is 9.97 Å². The van der Waals surface area contributed by atoms with Gasteiger partial charge >= 0.3 is 0 Å². The molecular weight excluding hydrogens is 404 g/mol. The molecule has 4 rings (SSSR count). The fourth-order valence-corrected chi connectivity index (χ4v) is 4.35. The number of hydrogen-bond donors (Lipinski definition) is 4. The van der Waals surface area contributed by atoms with Gasteiger partial charge in [0, 0.05) is 55.4 Å². The Bertz CT molecular complexity index is 1080. The highest BCUT2D eigenvalue weighted by molar-refractivity contribution is 5.90. The number of pyridine rings is 1. The standard InChI is InChI=1S/C24H32N6O2/c1-15-22(32)20(16(14-31)12-25-15)13-26-17-8-10-18(11-9-17)27-24-28-21-7-5-4-6-19(21)23(29-24)30(2)3/h4-7,12,17-18,26,31-32H,8-11,13-14H2,1-3H3,(H,27,28,29). The van der Waals surface area contributed by atoms with Crippen LogP contribution in [0, 0.1) is 6.92 Å². The van der Waals surface area contributed by atoms with E-state index in [1.54, 1.807) is 13.1 Å². The van der Waals surface area contributed by atoms with Crippen molar-refractivity contribution in [2.24, 2.45) is 0 Å². The van der Waals surface area contributed by atoms with Gasteiger partial charge in [0.25, 0.3) is 0 Å². The normalized spacial score (nSPS) is 18.6. The lowest BCUT2D eigenvalue weighted by molar-refractivity contribution is 0.277. The predicted molar refractivity (Wildman–Crippen MR) is 127 cm³/mol. The van der Waals surface area contributed by atoms with Gasteiger partial charge in [-0.15, -0.1) is 0 Å². The van der Waals surface area contributed by atoms with E-state index < -0.39 is 0 Å². The Kier molecular flexibility index (Phi) is 6.72. The molecule has 1 aliphatic rings. The molecule has 4 N–H and O–H groups in total. The summed E-state index contributed by atoms with van der Waals surface area (Å²) < 4.78 is 0. The number of fused-ring (bicyclic) bond motifs is 1. The van der Waals surface area contributed by atoms with E-state index in [1.165, 1.54) is 0 Å². The number of hydrogen-bond acceptors (Lipinski definition) is 8. The zero-order valence-electron chi connectivity index (χ0n) is 19.0. The van der Waals surface area contributed by atoms with E-state index in [0.717, 1.165) is 48.0 Å². The van der Waals surface area contributed by atoms with Crippen LogP contribution >= 0.6 is 0 Å². The van der Waals surface area contributed by atoms with Crippen molar-refractivity contribution >= 4 is 22.7 Å². The van der Waals surface area contributed by atoms with Gasteiger partial charge in [-0.3, -0.25) is 4.98 Å². The van der Waals surface area contributed by atoms with Crippen LogP contribution in [0.2, 0.25) is 0 Å². The van der Waals surface area contributed by atoms with Gasteiger partial charge in [-0.25, -0.2) is 4.98 Å². The maximum absolute atomic E-state index is 10.3. The van der Waals surface area contributed by atoms with Crippen molar-refractivity contribution in [1.82, 2.24) is 20.3 Å². The fourth-order valence-electron chi connectivity index (χ4n) is 4.35. The minimum atomic E-state index is -0.130. The second kappa shape index (κ2) is 9.67. The van der Waals surface area contributed by atoms with E-state index in [0.29, 0.717) is 35.8 Å². The molecule has 2 heterocycles. The average molecular weight is 437 g/mol. The number of aliphatic hydroxyl groups is 1. The smallest absolute Gasteiger partial charge is 0.225 e. The van der Waals surface area contributed by atoms with Crippen molar-refractivity contribution in [3.05, 3.63) is 47.3 Å². The third-order valence-electron chi connectivity index (χ3n) is 6.24. The van der Waals surface area contributed by atoms with Gasteiger partial charge < -0.3 is 25.7 Å². The third kappa shape index (κ3) is 4.76. The van der Waals surface area contributed by atoms with Crippen LogP contribution in [-0.2, 0) is 13.2 Å². The van der Waals surface area contributed by atoms with Crippen molar-refractivity contribution in [3.63, 3.8) is 0 Å². The van der Waals surface area contributed by atoms with E-state index >= 15 is 0 Å². The van der Waals surface area contributed by atoms with E-state index in [2.05, 4.69) is 21.7 Å². The molecule has 8 heteroatoms. The molecule has 8 nitrogen and oxygen atoms in total. The maximum atomic E-state index is 10.3. The molecule has 1 aliphatic carbocycles. The Morgan fingerprint density at radius 2 is 1.78 bits per heavy atom. The minimum absolute atomic E-state index is 0.130. The van der Waals surface area contributed by atoms with Crippen molar-refractivity contribution in [1.29, 1.82) is 0 Å². The molecular formula is C24H32N6O2. The summed E-state index contributed by atoms with van der Waals surface area (Å²) in [7, 11) is 4.00. The molecule has 0 aliphatic heterocycles. The number of aromatic nitrogens is 3. The molecule has 0 atom stereocenters. The highest BCUT2D eigenvalue weighted by Crippen LogP contribution is 2.28. The highest BCUT2D eigenvalue weighted by atomic mass is 16.3. The maximum Gasteiger partial charge on any atom is 0.225 e. The van der Waals surface area contributed by atoms with Crippen LogP contribution in [0.4, 0.5) is 11.8 Å². The quantitative estimate of drug-likeness (QED) is 0.448. The number of aliphatic hydroxyl groups excluding tert-OH is 1. The number of para-hydroxylation sites is 1. The lowest BCUT2D eigenvalue weighted by Crippen LogP contribution is -2.37. The minimum Gasteiger partial charge on any atom is -0.506 e. The third-order valence-corrected chi connectivity index (χ3v) is 6.24. The summed E-state index contributed by atoms with van der Waals surface area (Å²) in [5.74, 6) is 1.76. The number of benzene rings is 1. The molecule has 0 radical (unpaired) electrons. The van der Waals surface area contributed by atoms with Crippen LogP contribution < -0.4 is 15.5 Å². The molecule has 0 amide bonds. The number of aromatic hydroxyl groups is 1. The van der Waals surface area contributed by atoms with Gasteiger partial charge in [0.2, 0.25) is 5.95 Å². The van der Waals surface area contributed by atoms with Crippen LogP contribution in [0.3, 0.4) is 0 Å². The second-order valence-corrected chi connectivity index (χ2v) is 8.71. The Morgan fingerprint density at radius 1 is 1.06 bits per heavy atom. The molecule has 2 aromatic heterocycles. The first-order chi connectivity index (χ1) is 15.5. The van der Waals surface area contributed by atoms with Gasteiger partial charge in [0.15, 0.2) is 0 Å². The van der Waals surface area contributed by atoms with Crippen molar-refractivity contribution in [2.75, 3.05) is 24.3 Å². The lowest BCUT2D eigenvalue weighted by atomic mass is 9.91. The summed E-state index contributed by atoms with van der Waals surface area (Å²) in [4.78, 5) is 15.6. The molecule has 1 saturated carbocycles. The first-order valence-corrected chi connectivity index (χ1v) is 11.2. The summed E-state index contributed by atoms with van der Waals surface area (Å²) in [5, 5.41) is 28.0. The molecule has 0 unspecified atom stereocenters. The molecule has 0 bridgehead atoms. The summed E-state index contributed by atoms with van der Waals surface area (Å²) in [6, 6.07) is 8.77. The monoisotopic (exact) mass is 436 g/mol. The van der Waals surface area contributed by atoms with Crippen LogP contribution in [0.5, 0.6) is 5.75 Å². The Labute approximate surface area is 188 Å². The van der Waals surface area contributed by atoms with Gasteiger partial charge in [-0.2, -0.15) is 4.98 Å². The predicted octanol–water partition coefficient (Wildman–Crippen LogP) is 3.11. The van der Waals surface area contributed by atoms with E-state index in [1.807, 2.05) is 37.2 Å².